The molecular formula is C17H29BN2O3. The number of hydrogen-bond acceptors (Lipinski definition) is 4. The van der Waals surface area contributed by atoms with Gasteiger partial charge in [0.2, 0.25) is 5.91 Å². The zero-order valence-electron chi connectivity index (χ0n) is 14.5. The van der Waals surface area contributed by atoms with Crippen LogP contribution < -0.4 is 11.1 Å². The lowest BCUT2D eigenvalue weighted by molar-refractivity contribution is -0.199. The molecule has 5 rings (SSSR count). The molecule has 6 heteroatoms. The van der Waals surface area contributed by atoms with Gasteiger partial charge in [-0.1, -0.05) is 26.7 Å². The Balaban J connectivity index is 1.50. The lowest BCUT2D eigenvalue weighted by Crippen LogP contribution is -2.65. The summed E-state index contributed by atoms with van der Waals surface area (Å²) in [5, 5.41) is 3.04. The molecule has 1 aliphatic heterocycles. The predicted octanol–water partition coefficient (Wildman–Crippen LogP) is 1.50. The topological polar surface area (TPSA) is 73.6 Å². The standard InChI is InChI=1S/C17H29BN2O3/c1-16(2)11-7-12(16)17(3)13(8-11)22-18(23-17)14(6-10-4-5-10)20-15(21)9-19/h10-14H,4-9,19H2,1-3H3,(H,20,21)/t11-,12-,13+,14-,17-/m0/s1. The third-order valence-corrected chi connectivity index (χ3v) is 7.11. The van der Waals surface area contributed by atoms with E-state index in [0.29, 0.717) is 17.3 Å². The molecule has 23 heavy (non-hydrogen) atoms. The molecule has 2 bridgehead atoms. The van der Waals surface area contributed by atoms with Crippen LogP contribution in [0.25, 0.3) is 0 Å². The molecule has 0 unspecified atom stereocenters. The van der Waals surface area contributed by atoms with E-state index in [9.17, 15) is 4.79 Å². The summed E-state index contributed by atoms with van der Waals surface area (Å²) in [4.78, 5) is 11.8. The summed E-state index contributed by atoms with van der Waals surface area (Å²) in [6, 6.07) is 0. The van der Waals surface area contributed by atoms with Crippen LogP contribution in [0.1, 0.15) is 52.9 Å². The largest absolute Gasteiger partial charge is 0.481 e. The van der Waals surface area contributed by atoms with Gasteiger partial charge in [-0.25, -0.2) is 0 Å². The summed E-state index contributed by atoms with van der Waals surface area (Å²) >= 11 is 0. The maximum atomic E-state index is 11.8. The highest BCUT2D eigenvalue weighted by Crippen LogP contribution is 2.65. The van der Waals surface area contributed by atoms with Crippen molar-refractivity contribution in [1.82, 2.24) is 5.32 Å². The third-order valence-electron chi connectivity index (χ3n) is 7.11. The maximum Gasteiger partial charge on any atom is 0.481 e. The predicted molar refractivity (Wildman–Crippen MR) is 88.4 cm³/mol. The number of amides is 1. The minimum atomic E-state index is -0.323. The zero-order chi connectivity index (χ0) is 16.4. The Morgan fingerprint density at radius 3 is 2.70 bits per heavy atom. The Hall–Kier alpha value is -0.585. The van der Waals surface area contributed by atoms with Crippen molar-refractivity contribution >= 4 is 13.0 Å². The molecule has 0 spiro atoms. The normalized spacial score (nSPS) is 41.9. The molecular weight excluding hydrogens is 291 g/mol. The fourth-order valence-corrected chi connectivity index (χ4v) is 5.29. The second kappa shape index (κ2) is 5.20. The molecule has 0 radical (unpaired) electrons. The molecule has 1 amide bonds. The van der Waals surface area contributed by atoms with Crippen LogP contribution in [0.4, 0.5) is 0 Å². The van der Waals surface area contributed by atoms with Gasteiger partial charge in [-0.2, -0.15) is 0 Å². The smallest absolute Gasteiger partial charge is 0.404 e. The van der Waals surface area contributed by atoms with Crippen LogP contribution in [-0.2, 0) is 14.1 Å². The van der Waals surface area contributed by atoms with Gasteiger partial charge in [-0.3, -0.25) is 4.79 Å². The van der Waals surface area contributed by atoms with Gasteiger partial charge < -0.3 is 20.4 Å². The van der Waals surface area contributed by atoms with E-state index in [1.54, 1.807) is 0 Å². The van der Waals surface area contributed by atoms with Crippen LogP contribution >= 0.6 is 0 Å². The maximum absolute atomic E-state index is 11.8. The zero-order valence-corrected chi connectivity index (χ0v) is 14.5. The van der Waals surface area contributed by atoms with Crippen molar-refractivity contribution in [2.75, 3.05) is 6.54 Å². The second-order valence-corrected chi connectivity index (χ2v) is 8.89. The number of carbonyl (C=O) groups is 1. The van der Waals surface area contributed by atoms with Crippen molar-refractivity contribution < 1.29 is 14.1 Å². The van der Waals surface area contributed by atoms with E-state index in [4.69, 9.17) is 15.0 Å². The van der Waals surface area contributed by atoms with E-state index in [-0.39, 0.29) is 37.2 Å². The Kier molecular flexibility index (Phi) is 3.60. The number of nitrogens with one attached hydrogen (secondary N) is 1. The van der Waals surface area contributed by atoms with E-state index >= 15 is 0 Å². The summed E-state index contributed by atoms with van der Waals surface area (Å²) in [7, 11) is -0.323. The lowest BCUT2D eigenvalue weighted by atomic mass is 9.43. The van der Waals surface area contributed by atoms with Gasteiger partial charge in [0.15, 0.2) is 0 Å². The van der Waals surface area contributed by atoms with Crippen molar-refractivity contribution in [2.45, 2.75) is 70.5 Å². The molecule has 0 aromatic rings. The molecule has 5 nitrogen and oxygen atoms in total. The molecule has 1 heterocycles. The minimum Gasteiger partial charge on any atom is -0.404 e. The Morgan fingerprint density at radius 2 is 2.09 bits per heavy atom. The van der Waals surface area contributed by atoms with Crippen molar-refractivity contribution in [1.29, 1.82) is 0 Å². The van der Waals surface area contributed by atoms with Crippen LogP contribution in [-0.4, -0.2) is 37.2 Å². The van der Waals surface area contributed by atoms with Gasteiger partial charge in [-0.05, 0) is 49.4 Å². The number of hydrogen-bond donors (Lipinski definition) is 2. The SMILES string of the molecule is CC1(C)[C@@H]2C[C@H]3OB([C@H](CC4CC4)NC(=O)CN)O[C@@]3(C)[C@H]1C2. The van der Waals surface area contributed by atoms with E-state index in [2.05, 4.69) is 26.1 Å². The summed E-state index contributed by atoms with van der Waals surface area (Å²) in [6.07, 6.45) is 5.94. The van der Waals surface area contributed by atoms with Crippen LogP contribution in [0.15, 0.2) is 0 Å². The van der Waals surface area contributed by atoms with Crippen molar-refractivity contribution in [3.63, 3.8) is 0 Å². The molecule has 0 aromatic heterocycles. The molecule has 5 aliphatic rings. The Labute approximate surface area is 139 Å². The van der Waals surface area contributed by atoms with E-state index in [1.165, 1.54) is 19.3 Å². The van der Waals surface area contributed by atoms with E-state index in [1.807, 2.05) is 0 Å². The monoisotopic (exact) mass is 320 g/mol. The van der Waals surface area contributed by atoms with Gasteiger partial charge in [0.1, 0.15) is 0 Å². The highest BCUT2D eigenvalue weighted by molar-refractivity contribution is 6.47. The first-order valence-electron chi connectivity index (χ1n) is 9.17. The lowest BCUT2D eigenvalue weighted by Gasteiger charge is -2.64. The molecule has 4 aliphatic carbocycles. The van der Waals surface area contributed by atoms with Gasteiger partial charge in [0.25, 0.3) is 0 Å². The first kappa shape index (κ1) is 15.9. The third kappa shape index (κ3) is 2.45. The number of rotatable bonds is 5. The molecule has 3 N–H and O–H groups in total. The average Bonchev–Trinajstić information content (AvgIpc) is 3.24. The Bertz CT molecular complexity index is 510. The first-order chi connectivity index (χ1) is 10.8. The quantitative estimate of drug-likeness (QED) is 0.753. The second-order valence-electron chi connectivity index (χ2n) is 8.89. The van der Waals surface area contributed by atoms with Crippen LogP contribution in [0, 0.1) is 23.2 Å². The average molecular weight is 320 g/mol. The van der Waals surface area contributed by atoms with Gasteiger partial charge in [-0.15, -0.1) is 0 Å². The number of carbonyl (C=O) groups excluding carboxylic acids is 1. The number of nitrogens with two attached hydrogens (primary N) is 1. The van der Waals surface area contributed by atoms with Gasteiger partial charge >= 0.3 is 7.12 Å². The van der Waals surface area contributed by atoms with E-state index < -0.39 is 0 Å². The molecule has 5 fully saturated rings. The van der Waals surface area contributed by atoms with Crippen LogP contribution in [0.3, 0.4) is 0 Å². The molecule has 0 aromatic carbocycles. The van der Waals surface area contributed by atoms with Crippen molar-refractivity contribution in [2.24, 2.45) is 28.9 Å². The van der Waals surface area contributed by atoms with Crippen molar-refractivity contribution in [3.8, 4) is 0 Å². The first-order valence-corrected chi connectivity index (χ1v) is 9.17. The fraction of sp³-hybridized carbons (Fsp3) is 0.941. The fourth-order valence-electron chi connectivity index (χ4n) is 5.29. The molecule has 128 valence electrons. The van der Waals surface area contributed by atoms with Crippen molar-refractivity contribution in [3.05, 3.63) is 0 Å². The minimum absolute atomic E-state index is 0.0202. The highest BCUT2D eigenvalue weighted by atomic mass is 16.7. The summed E-state index contributed by atoms with van der Waals surface area (Å²) in [5.74, 6) is 1.81. The highest BCUT2D eigenvalue weighted by Gasteiger charge is 2.68. The van der Waals surface area contributed by atoms with Crippen LogP contribution in [0.2, 0.25) is 0 Å². The Morgan fingerprint density at radius 1 is 1.35 bits per heavy atom. The molecule has 1 saturated heterocycles. The molecule has 5 atom stereocenters. The summed E-state index contributed by atoms with van der Waals surface area (Å²) in [6.45, 7) is 6.97. The molecule has 4 saturated carbocycles. The van der Waals surface area contributed by atoms with E-state index in [0.717, 1.165) is 18.8 Å². The summed E-state index contributed by atoms with van der Waals surface area (Å²) < 4.78 is 12.8. The van der Waals surface area contributed by atoms with Gasteiger partial charge in [0.05, 0.1) is 24.2 Å². The van der Waals surface area contributed by atoms with Crippen LogP contribution in [0.5, 0.6) is 0 Å². The van der Waals surface area contributed by atoms with Gasteiger partial charge in [0, 0.05) is 0 Å². The summed E-state index contributed by atoms with van der Waals surface area (Å²) in [5.41, 5.74) is 5.61.